The van der Waals surface area contributed by atoms with Gasteiger partial charge < -0.3 is 18.9 Å². The van der Waals surface area contributed by atoms with Crippen molar-refractivity contribution < 1.29 is 28.5 Å². The highest BCUT2D eigenvalue weighted by molar-refractivity contribution is 5.73. The number of ether oxygens (including phenoxy) is 4. The van der Waals surface area contributed by atoms with Crippen LogP contribution in [-0.4, -0.2) is 37.7 Å². The van der Waals surface area contributed by atoms with E-state index >= 15 is 0 Å². The molecular weight excluding hydrogens is 312 g/mol. The lowest BCUT2D eigenvalue weighted by Gasteiger charge is -2.33. The molecule has 0 N–H and O–H groups in total. The van der Waals surface area contributed by atoms with Gasteiger partial charge in [0, 0.05) is 0 Å². The molecule has 24 heavy (non-hydrogen) atoms. The topological polar surface area (TPSA) is 71.1 Å². The summed E-state index contributed by atoms with van der Waals surface area (Å²) in [4.78, 5) is 24.6. The predicted molar refractivity (Wildman–Crippen MR) is 84.8 cm³/mol. The molecule has 6 nitrogen and oxygen atoms in total. The van der Waals surface area contributed by atoms with Gasteiger partial charge in [0.1, 0.15) is 0 Å². The van der Waals surface area contributed by atoms with Crippen LogP contribution >= 0.6 is 0 Å². The van der Waals surface area contributed by atoms with E-state index in [0.29, 0.717) is 13.2 Å². The Balaban J connectivity index is 1.52. The lowest BCUT2D eigenvalue weighted by Crippen LogP contribution is -2.45. The second-order valence-corrected chi connectivity index (χ2v) is 7.02. The molecule has 2 unspecified atom stereocenters. The first kappa shape index (κ1) is 17.7. The van der Waals surface area contributed by atoms with Crippen LogP contribution in [0.4, 0.5) is 0 Å². The van der Waals surface area contributed by atoms with E-state index in [0.717, 1.165) is 51.4 Å². The second kappa shape index (κ2) is 8.81. The van der Waals surface area contributed by atoms with Crippen LogP contribution in [0.3, 0.4) is 0 Å². The molecule has 2 saturated carbocycles. The molecule has 0 bridgehead atoms. The van der Waals surface area contributed by atoms with Crippen LogP contribution in [0.2, 0.25) is 0 Å². The summed E-state index contributed by atoms with van der Waals surface area (Å²) >= 11 is 0. The van der Waals surface area contributed by atoms with E-state index in [-0.39, 0.29) is 23.8 Å². The van der Waals surface area contributed by atoms with Crippen molar-refractivity contribution in [3.8, 4) is 0 Å². The second-order valence-electron chi connectivity index (χ2n) is 7.02. The molecule has 3 fully saturated rings. The third-order valence-electron chi connectivity index (χ3n) is 5.21. The van der Waals surface area contributed by atoms with Gasteiger partial charge in [-0.1, -0.05) is 38.5 Å². The monoisotopic (exact) mass is 340 g/mol. The van der Waals surface area contributed by atoms with E-state index in [9.17, 15) is 9.59 Å². The molecule has 3 aliphatic rings. The molecule has 2 atom stereocenters. The Morgan fingerprint density at radius 1 is 0.625 bits per heavy atom. The highest BCUT2D eigenvalue weighted by Gasteiger charge is 2.37. The molecule has 6 heteroatoms. The zero-order chi connectivity index (χ0) is 16.8. The van der Waals surface area contributed by atoms with Gasteiger partial charge in [-0.15, -0.1) is 0 Å². The summed E-state index contributed by atoms with van der Waals surface area (Å²) in [7, 11) is 0. The standard InChI is InChI=1S/C18H28O6/c19-15(13-7-3-1-4-8-13)23-17-18(22-12-11-21-17)24-16(20)14-9-5-2-6-10-14/h13-14,17-18H,1-12H2. The number of carbonyl (C=O) groups excluding carboxylic acids is 2. The minimum absolute atomic E-state index is 0.0704. The lowest BCUT2D eigenvalue weighted by molar-refractivity contribution is -0.305. The van der Waals surface area contributed by atoms with Gasteiger partial charge in [0.05, 0.1) is 25.0 Å². The fraction of sp³-hybridized carbons (Fsp3) is 0.889. The van der Waals surface area contributed by atoms with Gasteiger partial charge >= 0.3 is 11.9 Å². The quantitative estimate of drug-likeness (QED) is 0.733. The summed E-state index contributed by atoms with van der Waals surface area (Å²) in [6, 6.07) is 0. The molecular formula is C18H28O6. The molecule has 0 aromatic rings. The molecule has 3 rings (SSSR count). The van der Waals surface area contributed by atoms with Crippen LogP contribution in [0.25, 0.3) is 0 Å². The zero-order valence-electron chi connectivity index (χ0n) is 14.2. The van der Waals surface area contributed by atoms with Gasteiger partial charge in [-0.05, 0) is 25.7 Å². The maximum absolute atomic E-state index is 12.3. The number of carbonyl (C=O) groups is 2. The third-order valence-corrected chi connectivity index (χ3v) is 5.21. The fourth-order valence-electron chi connectivity index (χ4n) is 3.76. The summed E-state index contributed by atoms with van der Waals surface area (Å²) in [5.41, 5.74) is 0. The van der Waals surface area contributed by atoms with Crippen LogP contribution in [-0.2, 0) is 28.5 Å². The van der Waals surface area contributed by atoms with Crippen molar-refractivity contribution in [2.45, 2.75) is 76.8 Å². The van der Waals surface area contributed by atoms with Crippen molar-refractivity contribution in [3.05, 3.63) is 0 Å². The smallest absolute Gasteiger partial charge is 0.311 e. The van der Waals surface area contributed by atoms with E-state index in [1.165, 1.54) is 12.8 Å². The van der Waals surface area contributed by atoms with Crippen molar-refractivity contribution in [1.82, 2.24) is 0 Å². The lowest BCUT2D eigenvalue weighted by atomic mass is 9.89. The Bertz CT molecular complexity index is 385. The van der Waals surface area contributed by atoms with Gasteiger partial charge in [0.15, 0.2) is 0 Å². The molecule has 1 aliphatic heterocycles. The average molecular weight is 340 g/mol. The molecule has 0 spiro atoms. The predicted octanol–water partition coefficient (Wildman–Crippen LogP) is 2.93. The first-order chi connectivity index (χ1) is 11.7. The van der Waals surface area contributed by atoms with Crippen LogP contribution < -0.4 is 0 Å². The Morgan fingerprint density at radius 2 is 1.00 bits per heavy atom. The largest absolute Gasteiger partial charge is 0.428 e. The number of hydrogen-bond donors (Lipinski definition) is 0. The summed E-state index contributed by atoms with van der Waals surface area (Å²) < 4.78 is 21.9. The minimum Gasteiger partial charge on any atom is -0.428 e. The van der Waals surface area contributed by atoms with Crippen molar-refractivity contribution >= 4 is 11.9 Å². The number of rotatable bonds is 4. The summed E-state index contributed by atoms with van der Waals surface area (Å²) in [5, 5.41) is 0. The van der Waals surface area contributed by atoms with Gasteiger partial charge in [0.2, 0.25) is 0 Å². The van der Waals surface area contributed by atoms with Crippen molar-refractivity contribution in [2.24, 2.45) is 11.8 Å². The SMILES string of the molecule is O=C(OC1OCCOC1OC(=O)C1CCCCC1)C1CCCCC1. The normalized spacial score (nSPS) is 29.8. The zero-order valence-corrected chi connectivity index (χ0v) is 14.2. The van der Waals surface area contributed by atoms with Crippen LogP contribution in [0.1, 0.15) is 64.2 Å². The van der Waals surface area contributed by atoms with Gasteiger partial charge in [-0.2, -0.15) is 0 Å². The average Bonchev–Trinajstić information content (AvgIpc) is 2.64. The molecule has 0 amide bonds. The number of hydrogen-bond acceptors (Lipinski definition) is 6. The molecule has 1 heterocycles. The maximum atomic E-state index is 12.3. The molecule has 0 aromatic heterocycles. The van der Waals surface area contributed by atoms with E-state index in [1.54, 1.807) is 0 Å². The Morgan fingerprint density at radius 3 is 1.38 bits per heavy atom. The highest BCUT2D eigenvalue weighted by Crippen LogP contribution is 2.28. The molecule has 0 aromatic carbocycles. The Hall–Kier alpha value is -1.14. The van der Waals surface area contributed by atoms with E-state index in [1.807, 2.05) is 0 Å². The summed E-state index contributed by atoms with van der Waals surface area (Å²) in [6.07, 6.45) is 8.13. The van der Waals surface area contributed by atoms with Crippen molar-refractivity contribution in [2.75, 3.05) is 13.2 Å². The first-order valence-electron chi connectivity index (χ1n) is 9.38. The molecule has 136 valence electrons. The van der Waals surface area contributed by atoms with Crippen molar-refractivity contribution in [3.63, 3.8) is 0 Å². The van der Waals surface area contributed by atoms with Crippen LogP contribution in [0, 0.1) is 11.8 Å². The molecule has 2 aliphatic carbocycles. The van der Waals surface area contributed by atoms with E-state index < -0.39 is 12.6 Å². The van der Waals surface area contributed by atoms with Gasteiger partial charge in [0.25, 0.3) is 12.6 Å². The molecule has 1 saturated heterocycles. The van der Waals surface area contributed by atoms with E-state index in [4.69, 9.17) is 18.9 Å². The minimum atomic E-state index is -0.944. The first-order valence-corrected chi connectivity index (χ1v) is 9.38. The van der Waals surface area contributed by atoms with Crippen LogP contribution in [0.5, 0.6) is 0 Å². The third kappa shape index (κ3) is 4.70. The maximum Gasteiger partial charge on any atom is 0.311 e. The Kier molecular flexibility index (Phi) is 6.49. The van der Waals surface area contributed by atoms with Gasteiger partial charge in [-0.3, -0.25) is 9.59 Å². The molecule has 0 radical (unpaired) electrons. The summed E-state index contributed by atoms with van der Waals surface area (Å²) in [5.74, 6) is -0.661. The Labute approximate surface area is 143 Å². The van der Waals surface area contributed by atoms with Gasteiger partial charge in [-0.25, -0.2) is 0 Å². The summed E-state index contributed by atoms with van der Waals surface area (Å²) in [6.45, 7) is 0.667. The fourth-order valence-corrected chi connectivity index (χ4v) is 3.76. The van der Waals surface area contributed by atoms with Crippen molar-refractivity contribution in [1.29, 1.82) is 0 Å². The highest BCUT2D eigenvalue weighted by atomic mass is 16.8. The van der Waals surface area contributed by atoms with E-state index in [2.05, 4.69) is 0 Å². The van der Waals surface area contributed by atoms with Crippen LogP contribution in [0.15, 0.2) is 0 Å². The number of esters is 2.